The van der Waals surface area contributed by atoms with Gasteiger partial charge < -0.3 is 18.9 Å². The van der Waals surface area contributed by atoms with Crippen molar-refractivity contribution >= 4 is 17.9 Å². The maximum atomic E-state index is 12.8. The van der Waals surface area contributed by atoms with Crippen molar-refractivity contribution in [2.45, 2.75) is 91.0 Å². The Morgan fingerprint density at radius 1 is 1.18 bits per heavy atom. The van der Waals surface area contributed by atoms with Gasteiger partial charge in [0.1, 0.15) is 12.7 Å². The van der Waals surface area contributed by atoms with Crippen LogP contribution in [0.3, 0.4) is 0 Å². The second-order valence-corrected chi connectivity index (χ2v) is 9.49. The van der Waals surface area contributed by atoms with E-state index in [1.54, 1.807) is 0 Å². The van der Waals surface area contributed by atoms with E-state index in [1.807, 2.05) is 40.7 Å². The van der Waals surface area contributed by atoms with E-state index in [4.69, 9.17) is 18.9 Å². The number of carbonyl (C=O) groups excluding carboxylic acids is 3. The highest BCUT2D eigenvalue weighted by Gasteiger charge is 2.64. The van der Waals surface area contributed by atoms with E-state index in [0.717, 1.165) is 5.57 Å². The third-order valence-electron chi connectivity index (χ3n) is 7.09. The van der Waals surface area contributed by atoms with Crippen molar-refractivity contribution in [3.05, 3.63) is 23.8 Å². The first-order valence-electron chi connectivity index (χ1n) is 12.1. The summed E-state index contributed by atoms with van der Waals surface area (Å²) in [5, 5.41) is 0. The van der Waals surface area contributed by atoms with Crippen LogP contribution < -0.4 is 0 Å². The number of carbonyl (C=O) groups is 3. The monoisotopic (exact) mass is 464 g/mol. The first kappa shape index (κ1) is 27.1. The van der Waals surface area contributed by atoms with Crippen LogP contribution in [0, 0.1) is 17.8 Å². The molecule has 0 N–H and O–H groups in total. The van der Waals surface area contributed by atoms with Gasteiger partial charge >= 0.3 is 17.9 Å². The number of ether oxygens (including phenoxy) is 4. The van der Waals surface area contributed by atoms with E-state index in [0.29, 0.717) is 44.1 Å². The van der Waals surface area contributed by atoms with E-state index in [-0.39, 0.29) is 48.4 Å². The molecule has 7 heteroatoms. The molecule has 1 aliphatic heterocycles. The second-order valence-electron chi connectivity index (χ2n) is 9.49. The van der Waals surface area contributed by atoms with Gasteiger partial charge in [0.25, 0.3) is 0 Å². The summed E-state index contributed by atoms with van der Waals surface area (Å²) in [6.07, 6.45) is 4.41. The molecule has 0 radical (unpaired) electrons. The molecule has 186 valence electrons. The number of rotatable bonds is 9. The van der Waals surface area contributed by atoms with Crippen molar-refractivity contribution in [2.24, 2.45) is 17.8 Å². The van der Waals surface area contributed by atoms with Crippen LogP contribution in [0.15, 0.2) is 23.8 Å². The van der Waals surface area contributed by atoms with Crippen molar-refractivity contribution in [1.29, 1.82) is 0 Å². The van der Waals surface area contributed by atoms with E-state index in [9.17, 15) is 14.4 Å². The fraction of sp³-hybridized carbons (Fsp3) is 0.731. The van der Waals surface area contributed by atoms with Crippen LogP contribution in [0.5, 0.6) is 0 Å². The van der Waals surface area contributed by atoms with Crippen molar-refractivity contribution in [1.82, 2.24) is 0 Å². The molecule has 0 aromatic rings. The van der Waals surface area contributed by atoms with Crippen LogP contribution in [0.4, 0.5) is 0 Å². The second kappa shape index (κ2) is 11.8. The SMILES string of the molecule is C=C(C)[C@H]1C/C=C(\C(=O)OC)CC[C@H]2O[C@]2(COC(=O)[C@H](C)CC)[C@@H](OC(=O)[C@H](C)CC)C1. The lowest BCUT2D eigenvalue weighted by molar-refractivity contribution is -0.163. The quantitative estimate of drug-likeness (QED) is 0.214. The number of epoxide rings is 1. The fourth-order valence-electron chi connectivity index (χ4n) is 4.05. The summed E-state index contributed by atoms with van der Waals surface area (Å²) in [5.74, 6) is -1.44. The van der Waals surface area contributed by atoms with Gasteiger partial charge in [-0.1, -0.05) is 45.9 Å². The molecule has 1 heterocycles. The molecule has 0 saturated carbocycles. The predicted octanol–water partition coefficient (Wildman–Crippen LogP) is 4.54. The molecule has 6 atom stereocenters. The van der Waals surface area contributed by atoms with Crippen LogP contribution in [-0.4, -0.2) is 49.4 Å². The van der Waals surface area contributed by atoms with Crippen LogP contribution in [0.2, 0.25) is 0 Å². The minimum atomic E-state index is -0.918. The lowest BCUT2D eigenvalue weighted by Crippen LogP contribution is -2.43. The molecule has 7 nitrogen and oxygen atoms in total. The summed E-state index contributed by atoms with van der Waals surface area (Å²) in [6.45, 7) is 13.6. The first-order valence-corrected chi connectivity index (χ1v) is 12.1. The molecule has 0 aromatic carbocycles. The Labute approximate surface area is 197 Å². The van der Waals surface area contributed by atoms with E-state index < -0.39 is 11.7 Å². The van der Waals surface area contributed by atoms with Gasteiger partial charge in [-0.05, 0) is 51.4 Å². The maximum absolute atomic E-state index is 12.8. The van der Waals surface area contributed by atoms with Gasteiger partial charge in [-0.3, -0.25) is 9.59 Å². The van der Waals surface area contributed by atoms with Gasteiger partial charge in [-0.25, -0.2) is 4.79 Å². The van der Waals surface area contributed by atoms with Crippen molar-refractivity contribution in [2.75, 3.05) is 13.7 Å². The molecular weight excluding hydrogens is 424 g/mol. The molecule has 2 rings (SSSR count). The van der Waals surface area contributed by atoms with E-state index in [2.05, 4.69) is 6.58 Å². The molecule has 1 fully saturated rings. The molecule has 0 bridgehead atoms. The summed E-state index contributed by atoms with van der Waals surface area (Å²) < 4.78 is 22.8. The zero-order valence-corrected chi connectivity index (χ0v) is 21.0. The summed E-state index contributed by atoms with van der Waals surface area (Å²) >= 11 is 0. The smallest absolute Gasteiger partial charge is 0.333 e. The summed E-state index contributed by atoms with van der Waals surface area (Å²) in [6, 6.07) is 0. The molecule has 33 heavy (non-hydrogen) atoms. The average molecular weight is 465 g/mol. The van der Waals surface area contributed by atoms with Crippen LogP contribution in [0.25, 0.3) is 0 Å². The summed E-state index contributed by atoms with van der Waals surface area (Å²) in [7, 11) is 1.37. The Kier molecular flexibility index (Phi) is 9.70. The molecule has 0 aromatic heterocycles. The minimum absolute atomic E-state index is 0.0134. The topological polar surface area (TPSA) is 91.4 Å². The number of fused-ring (bicyclic) bond motifs is 1. The zero-order chi connectivity index (χ0) is 24.8. The molecule has 2 aliphatic rings. The standard InChI is InChI=1S/C26H40O7/c1-8-17(5)23(27)31-15-26-21(33-26)13-12-19(25(29)30-7)10-11-20(16(3)4)14-22(26)32-24(28)18(6)9-2/h10,17-18,20-22H,3,8-9,11-15H2,1-2,4-7H3/b19-10-/t17-,18-,20+,21-,22+,26+/m1/s1. The largest absolute Gasteiger partial charge is 0.466 e. The number of hydrogen-bond acceptors (Lipinski definition) is 7. The van der Waals surface area contributed by atoms with Crippen molar-refractivity contribution in [3.8, 4) is 0 Å². The molecule has 1 saturated heterocycles. The average Bonchev–Trinajstić information content (AvgIpc) is 3.52. The van der Waals surface area contributed by atoms with E-state index in [1.165, 1.54) is 7.11 Å². The zero-order valence-electron chi connectivity index (χ0n) is 21.0. The third kappa shape index (κ3) is 6.69. The van der Waals surface area contributed by atoms with Gasteiger partial charge in [0.05, 0.1) is 25.0 Å². The molecule has 0 spiro atoms. The Hall–Kier alpha value is -2.15. The fourth-order valence-corrected chi connectivity index (χ4v) is 4.05. The van der Waals surface area contributed by atoms with Gasteiger partial charge in [0.15, 0.2) is 5.60 Å². The minimum Gasteiger partial charge on any atom is -0.466 e. The van der Waals surface area contributed by atoms with Gasteiger partial charge in [0, 0.05) is 5.57 Å². The maximum Gasteiger partial charge on any atom is 0.333 e. The summed E-state index contributed by atoms with van der Waals surface area (Å²) in [5.41, 5.74) is 0.600. The number of methoxy groups -OCH3 is 1. The Balaban J connectivity index is 2.37. The van der Waals surface area contributed by atoms with E-state index >= 15 is 0 Å². The number of allylic oxidation sites excluding steroid dienone is 2. The molecule has 0 unspecified atom stereocenters. The first-order chi connectivity index (χ1) is 15.6. The highest BCUT2D eigenvalue weighted by Crippen LogP contribution is 2.48. The van der Waals surface area contributed by atoms with Crippen LogP contribution in [0.1, 0.15) is 73.1 Å². The third-order valence-corrected chi connectivity index (χ3v) is 7.09. The molecule has 0 amide bonds. The molecule has 1 aliphatic carbocycles. The Morgan fingerprint density at radius 3 is 2.39 bits per heavy atom. The van der Waals surface area contributed by atoms with Gasteiger partial charge in [-0.15, -0.1) is 0 Å². The highest BCUT2D eigenvalue weighted by molar-refractivity contribution is 5.88. The summed E-state index contributed by atoms with van der Waals surface area (Å²) in [4.78, 5) is 37.4. The lowest BCUT2D eigenvalue weighted by Gasteiger charge is -2.30. The number of esters is 3. The highest BCUT2D eigenvalue weighted by atomic mass is 16.7. The normalized spacial score (nSPS) is 30.5. The Morgan fingerprint density at radius 2 is 1.82 bits per heavy atom. The predicted molar refractivity (Wildman–Crippen MR) is 124 cm³/mol. The van der Waals surface area contributed by atoms with Crippen molar-refractivity contribution in [3.63, 3.8) is 0 Å². The van der Waals surface area contributed by atoms with Crippen molar-refractivity contribution < 1.29 is 33.3 Å². The Bertz CT molecular complexity index is 771. The van der Waals surface area contributed by atoms with Gasteiger partial charge in [0.2, 0.25) is 0 Å². The van der Waals surface area contributed by atoms with Crippen LogP contribution in [-0.2, 0) is 33.3 Å². The van der Waals surface area contributed by atoms with Crippen LogP contribution >= 0.6 is 0 Å². The molecular formula is C26H40O7. The van der Waals surface area contributed by atoms with Gasteiger partial charge in [-0.2, -0.15) is 0 Å². The number of hydrogen-bond donors (Lipinski definition) is 0. The lowest BCUT2D eigenvalue weighted by atomic mass is 9.82.